The van der Waals surface area contributed by atoms with Gasteiger partial charge in [-0.1, -0.05) is 12.1 Å². The van der Waals surface area contributed by atoms with Crippen molar-refractivity contribution in [1.29, 1.82) is 0 Å². The summed E-state index contributed by atoms with van der Waals surface area (Å²) in [6, 6.07) is 5.38. The summed E-state index contributed by atoms with van der Waals surface area (Å²) in [6.07, 6.45) is 2.26. The lowest BCUT2D eigenvalue weighted by molar-refractivity contribution is -0.140. The standard InChI is InChI=1S/C16H19NO6/c18-10-2-1-3-11-4-6-12(7-5-11)15(21)17-13(16(22)23)8-9-14(19)20/h4-7,10,13H,1-3,8-9H2,(H,17,21)(H,19,20)(H,22,23). The molecular formula is C16H19NO6. The molecule has 0 aliphatic rings. The van der Waals surface area contributed by atoms with Gasteiger partial charge in [-0.2, -0.15) is 0 Å². The summed E-state index contributed by atoms with van der Waals surface area (Å²) in [5.74, 6) is -2.96. The predicted molar refractivity (Wildman–Crippen MR) is 81.2 cm³/mol. The van der Waals surface area contributed by atoms with E-state index in [4.69, 9.17) is 10.2 Å². The number of carbonyl (C=O) groups excluding carboxylic acids is 2. The van der Waals surface area contributed by atoms with Crippen LogP contribution in [-0.2, 0) is 20.8 Å². The molecule has 1 aromatic rings. The SMILES string of the molecule is O=CCCCc1ccc(C(=O)NC(CCC(=O)O)C(=O)O)cc1. The van der Waals surface area contributed by atoms with Gasteiger partial charge in [0.2, 0.25) is 0 Å². The van der Waals surface area contributed by atoms with Crippen molar-refractivity contribution in [2.75, 3.05) is 0 Å². The third-order valence-electron chi connectivity index (χ3n) is 3.25. The smallest absolute Gasteiger partial charge is 0.326 e. The van der Waals surface area contributed by atoms with Gasteiger partial charge in [0, 0.05) is 18.4 Å². The van der Waals surface area contributed by atoms with Gasteiger partial charge in [-0.25, -0.2) is 4.79 Å². The Morgan fingerprint density at radius 3 is 2.30 bits per heavy atom. The molecule has 7 heteroatoms. The van der Waals surface area contributed by atoms with Crippen LogP contribution in [0, 0.1) is 0 Å². The molecule has 23 heavy (non-hydrogen) atoms. The summed E-state index contributed by atoms with van der Waals surface area (Å²) >= 11 is 0. The van der Waals surface area contributed by atoms with Crippen LogP contribution in [0.3, 0.4) is 0 Å². The van der Waals surface area contributed by atoms with Crippen LogP contribution in [0.25, 0.3) is 0 Å². The molecule has 1 aromatic carbocycles. The fourth-order valence-corrected chi connectivity index (χ4v) is 1.98. The van der Waals surface area contributed by atoms with Crippen LogP contribution in [0.1, 0.15) is 41.6 Å². The highest BCUT2D eigenvalue weighted by atomic mass is 16.4. The number of aliphatic carboxylic acids is 2. The maximum atomic E-state index is 12.0. The molecule has 0 heterocycles. The first-order valence-electron chi connectivity index (χ1n) is 7.22. The van der Waals surface area contributed by atoms with Gasteiger partial charge in [-0.05, 0) is 37.0 Å². The maximum absolute atomic E-state index is 12.0. The quantitative estimate of drug-likeness (QED) is 0.440. The number of nitrogens with one attached hydrogen (secondary N) is 1. The largest absolute Gasteiger partial charge is 0.481 e. The van der Waals surface area contributed by atoms with Crippen molar-refractivity contribution in [1.82, 2.24) is 5.32 Å². The maximum Gasteiger partial charge on any atom is 0.326 e. The first kappa shape index (κ1) is 18.3. The van der Waals surface area contributed by atoms with Crippen LogP contribution in [0.5, 0.6) is 0 Å². The van der Waals surface area contributed by atoms with Gasteiger partial charge < -0.3 is 20.3 Å². The van der Waals surface area contributed by atoms with Crippen molar-refractivity contribution < 1.29 is 29.4 Å². The number of carbonyl (C=O) groups is 4. The third kappa shape index (κ3) is 6.73. The first-order valence-corrected chi connectivity index (χ1v) is 7.22. The fraction of sp³-hybridized carbons (Fsp3) is 0.375. The molecule has 0 bridgehead atoms. The van der Waals surface area contributed by atoms with Crippen LogP contribution in [0.15, 0.2) is 24.3 Å². The average Bonchev–Trinajstić information content (AvgIpc) is 2.51. The minimum absolute atomic E-state index is 0.180. The minimum atomic E-state index is -1.27. The molecule has 0 fully saturated rings. The van der Waals surface area contributed by atoms with Crippen LogP contribution >= 0.6 is 0 Å². The Labute approximate surface area is 133 Å². The molecule has 1 amide bonds. The number of amides is 1. The zero-order valence-electron chi connectivity index (χ0n) is 12.5. The molecule has 0 aliphatic heterocycles. The van der Waals surface area contributed by atoms with E-state index in [-0.39, 0.29) is 12.8 Å². The summed E-state index contributed by atoms with van der Waals surface area (Å²) < 4.78 is 0. The van der Waals surface area contributed by atoms with Crippen LogP contribution in [0.2, 0.25) is 0 Å². The number of benzene rings is 1. The zero-order valence-corrected chi connectivity index (χ0v) is 12.5. The van der Waals surface area contributed by atoms with Crippen molar-refractivity contribution in [2.24, 2.45) is 0 Å². The lowest BCUT2D eigenvalue weighted by atomic mass is 10.1. The number of hydrogen-bond acceptors (Lipinski definition) is 4. The Morgan fingerprint density at radius 1 is 1.13 bits per heavy atom. The van der Waals surface area contributed by atoms with Crippen LogP contribution in [0.4, 0.5) is 0 Å². The highest BCUT2D eigenvalue weighted by Crippen LogP contribution is 2.09. The van der Waals surface area contributed by atoms with Gasteiger partial charge >= 0.3 is 11.9 Å². The average molecular weight is 321 g/mol. The molecule has 0 spiro atoms. The number of unbranched alkanes of at least 4 members (excludes halogenated alkanes) is 1. The number of rotatable bonds is 10. The van der Waals surface area contributed by atoms with E-state index in [0.717, 1.165) is 24.7 Å². The Balaban J connectivity index is 2.62. The highest BCUT2D eigenvalue weighted by molar-refractivity contribution is 5.96. The molecule has 3 N–H and O–H groups in total. The molecule has 0 aliphatic carbocycles. The van der Waals surface area contributed by atoms with Gasteiger partial charge in [0.05, 0.1) is 0 Å². The predicted octanol–water partition coefficient (Wildman–Crippen LogP) is 1.26. The summed E-state index contributed by atoms with van der Waals surface area (Å²) in [5.41, 5.74) is 1.27. The summed E-state index contributed by atoms with van der Waals surface area (Å²) in [7, 11) is 0. The highest BCUT2D eigenvalue weighted by Gasteiger charge is 2.21. The summed E-state index contributed by atoms with van der Waals surface area (Å²) in [6.45, 7) is 0. The van der Waals surface area contributed by atoms with Gasteiger partial charge in [-0.3, -0.25) is 9.59 Å². The van der Waals surface area contributed by atoms with E-state index in [1.165, 1.54) is 0 Å². The molecule has 1 rings (SSSR count). The topological polar surface area (TPSA) is 121 Å². The second-order valence-corrected chi connectivity index (χ2v) is 5.05. The number of aryl methyl sites for hydroxylation is 1. The van der Waals surface area contributed by atoms with Crippen molar-refractivity contribution in [2.45, 2.75) is 38.1 Å². The van der Waals surface area contributed by atoms with Crippen LogP contribution < -0.4 is 5.32 Å². The number of hydrogen-bond donors (Lipinski definition) is 3. The Hall–Kier alpha value is -2.70. The van der Waals surface area contributed by atoms with Crippen molar-refractivity contribution >= 4 is 24.1 Å². The normalized spacial score (nSPS) is 11.5. The number of carboxylic acids is 2. The Morgan fingerprint density at radius 2 is 1.78 bits per heavy atom. The van der Waals surface area contributed by atoms with E-state index in [1.54, 1.807) is 24.3 Å². The second-order valence-electron chi connectivity index (χ2n) is 5.05. The van der Waals surface area contributed by atoms with Crippen molar-refractivity contribution in [3.63, 3.8) is 0 Å². The fourth-order valence-electron chi connectivity index (χ4n) is 1.98. The number of carboxylic acid groups (broad SMARTS) is 2. The lowest BCUT2D eigenvalue weighted by Gasteiger charge is -2.13. The first-order chi connectivity index (χ1) is 10.9. The molecule has 124 valence electrons. The van der Waals surface area contributed by atoms with Gasteiger partial charge in [0.1, 0.15) is 12.3 Å². The monoisotopic (exact) mass is 321 g/mol. The third-order valence-corrected chi connectivity index (χ3v) is 3.25. The van der Waals surface area contributed by atoms with E-state index < -0.39 is 23.9 Å². The molecule has 0 radical (unpaired) electrons. The van der Waals surface area contributed by atoms with E-state index in [2.05, 4.69) is 5.32 Å². The molecule has 7 nitrogen and oxygen atoms in total. The van der Waals surface area contributed by atoms with Gasteiger partial charge in [0.25, 0.3) is 5.91 Å². The van der Waals surface area contributed by atoms with Gasteiger partial charge in [0.15, 0.2) is 0 Å². The lowest BCUT2D eigenvalue weighted by Crippen LogP contribution is -2.41. The Kier molecular flexibility index (Phi) is 7.45. The van der Waals surface area contributed by atoms with E-state index in [9.17, 15) is 19.2 Å². The van der Waals surface area contributed by atoms with Crippen molar-refractivity contribution in [3.8, 4) is 0 Å². The van der Waals surface area contributed by atoms with Gasteiger partial charge in [-0.15, -0.1) is 0 Å². The van der Waals surface area contributed by atoms with Crippen molar-refractivity contribution in [3.05, 3.63) is 35.4 Å². The second kappa shape index (κ2) is 9.34. The zero-order chi connectivity index (χ0) is 17.2. The number of aldehydes is 1. The van der Waals surface area contributed by atoms with E-state index in [0.29, 0.717) is 12.0 Å². The molecule has 0 aromatic heterocycles. The van der Waals surface area contributed by atoms with E-state index in [1.807, 2.05) is 0 Å². The molecule has 1 atom stereocenters. The minimum Gasteiger partial charge on any atom is -0.481 e. The molecular weight excluding hydrogens is 302 g/mol. The summed E-state index contributed by atoms with van der Waals surface area (Å²) in [5, 5.41) is 19.9. The molecule has 0 saturated carbocycles. The van der Waals surface area contributed by atoms with E-state index >= 15 is 0 Å². The summed E-state index contributed by atoms with van der Waals surface area (Å²) in [4.78, 5) is 43.8. The van der Waals surface area contributed by atoms with Crippen LogP contribution in [-0.4, -0.2) is 40.4 Å². The Bertz CT molecular complexity index is 566. The molecule has 1 unspecified atom stereocenters. The molecule has 0 saturated heterocycles.